The summed E-state index contributed by atoms with van der Waals surface area (Å²) in [5, 5.41) is 12.2. The number of nitriles is 1. The third-order valence-electron chi connectivity index (χ3n) is 2.64. The van der Waals surface area contributed by atoms with Crippen LogP contribution in [0.4, 0.5) is 0 Å². The Morgan fingerprint density at radius 3 is 3.00 bits per heavy atom. The Hall–Kier alpha value is -1.33. The molecule has 0 spiro atoms. The van der Waals surface area contributed by atoms with Gasteiger partial charge in [0.1, 0.15) is 0 Å². The van der Waals surface area contributed by atoms with Crippen LogP contribution in [0.2, 0.25) is 0 Å². The van der Waals surface area contributed by atoms with Gasteiger partial charge in [-0.3, -0.25) is 0 Å². The number of benzene rings is 1. The molecule has 0 atom stereocenters. The smallest absolute Gasteiger partial charge is 0.0994 e. The summed E-state index contributed by atoms with van der Waals surface area (Å²) in [6.45, 7) is 4.01. The van der Waals surface area contributed by atoms with Crippen LogP contribution in [0.1, 0.15) is 22.3 Å². The molecule has 1 aliphatic heterocycles. The lowest BCUT2D eigenvalue weighted by molar-refractivity contribution is 0.639. The van der Waals surface area contributed by atoms with E-state index in [1.807, 2.05) is 12.1 Å². The van der Waals surface area contributed by atoms with E-state index in [0.29, 0.717) is 0 Å². The molecule has 0 amide bonds. The number of rotatable bonds is 0. The lowest BCUT2D eigenvalue weighted by Gasteiger charge is -2.20. The van der Waals surface area contributed by atoms with Crippen LogP contribution in [-0.2, 0) is 13.0 Å². The van der Waals surface area contributed by atoms with Gasteiger partial charge in [-0.05, 0) is 42.6 Å². The first-order valence-electron chi connectivity index (χ1n) is 4.55. The van der Waals surface area contributed by atoms with Gasteiger partial charge in [0.05, 0.1) is 11.6 Å². The second-order valence-electron chi connectivity index (χ2n) is 3.43. The van der Waals surface area contributed by atoms with Crippen molar-refractivity contribution in [1.29, 1.82) is 5.26 Å². The van der Waals surface area contributed by atoms with Crippen molar-refractivity contribution >= 4 is 0 Å². The van der Waals surface area contributed by atoms with Crippen molar-refractivity contribution in [3.8, 4) is 6.07 Å². The second kappa shape index (κ2) is 3.20. The summed E-state index contributed by atoms with van der Waals surface area (Å²) in [6.07, 6.45) is 0.986. The zero-order valence-electron chi connectivity index (χ0n) is 7.72. The van der Waals surface area contributed by atoms with E-state index in [1.54, 1.807) is 0 Å². The average molecular weight is 172 g/mol. The molecule has 2 heteroatoms. The molecule has 1 heterocycles. The summed E-state index contributed by atoms with van der Waals surface area (Å²) in [7, 11) is 0. The first-order valence-corrected chi connectivity index (χ1v) is 4.55. The van der Waals surface area contributed by atoms with Crippen molar-refractivity contribution in [2.24, 2.45) is 0 Å². The predicted octanol–water partition coefficient (Wildman–Crippen LogP) is 1.51. The van der Waals surface area contributed by atoms with Crippen LogP contribution in [0.25, 0.3) is 0 Å². The molecule has 0 aliphatic carbocycles. The molecule has 0 saturated heterocycles. The van der Waals surface area contributed by atoms with Gasteiger partial charge in [0, 0.05) is 6.54 Å². The molecule has 1 aromatic carbocycles. The zero-order chi connectivity index (χ0) is 9.26. The van der Waals surface area contributed by atoms with Crippen LogP contribution in [-0.4, -0.2) is 6.54 Å². The number of hydrogen-bond donors (Lipinski definition) is 1. The van der Waals surface area contributed by atoms with E-state index in [4.69, 9.17) is 5.26 Å². The third-order valence-corrected chi connectivity index (χ3v) is 2.64. The van der Waals surface area contributed by atoms with Crippen molar-refractivity contribution < 1.29 is 0 Å². The fourth-order valence-corrected chi connectivity index (χ4v) is 1.87. The summed E-state index contributed by atoms with van der Waals surface area (Å²) in [5.74, 6) is 0. The Kier molecular flexibility index (Phi) is 2.03. The Balaban J connectivity index is 2.61. The highest BCUT2D eigenvalue weighted by atomic mass is 14.9. The van der Waals surface area contributed by atoms with Crippen LogP contribution < -0.4 is 5.32 Å². The Bertz CT molecular complexity index is 374. The van der Waals surface area contributed by atoms with Gasteiger partial charge in [-0.2, -0.15) is 5.26 Å². The topological polar surface area (TPSA) is 35.8 Å². The maximum absolute atomic E-state index is 8.91. The molecule has 13 heavy (non-hydrogen) atoms. The normalized spacial score (nSPS) is 14.8. The van der Waals surface area contributed by atoms with E-state index < -0.39 is 0 Å². The second-order valence-corrected chi connectivity index (χ2v) is 3.43. The Morgan fingerprint density at radius 1 is 1.38 bits per heavy atom. The highest BCUT2D eigenvalue weighted by molar-refractivity contribution is 5.47. The molecule has 0 saturated carbocycles. The number of nitrogens with zero attached hydrogens (tertiary/aromatic N) is 1. The van der Waals surface area contributed by atoms with E-state index in [1.165, 1.54) is 16.7 Å². The number of fused-ring (bicyclic) bond motifs is 1. The number of aryl methyl sites for hydroxylation is 1. The largest absolute Gasteiger partial charge is 0.312 e. The molecule has 1 aliphatic rings. The van der Waals surface area contributed by atoms with Crippen LogP contribution in [0.3, 0.4) is 0 Å². The van der Waals surface area contributed by atoms with E-state index >= 15 is 0 Å². The van der Waals surface area contributed by atoms with E-state index in [9.17, 15) is 0 Å². The molecule has 66 valence electrons. The van der Waals surface area contributed by atoms with Gasteiger partial charge in [-0.1, -0.05) is 6.07 Å². The lowest BCUT2D eigenvalue weighted by atomic mass is 9.92. The molecule has 0 fully saturated rings. The van der Waals surface area contributed by atoms with Crippen molar-refractivity contribution in [2.45, 2.75) is 19.9 Å². The predicted molar refractivity (Wildman–Crippen MR) is 51.3 cm³/mol. The summed E-state index contributed by atoms with van der Waals surface area (Å²) in [6, 6.07) is 6.22. The van der Waals surface area contributed by atoms with Gasteiger partial charge >= 0.3 is 0 Å². The van der Waals surface area contributed by atoms with Gasteiger partial charge in [0.15, 0.2) is 0 Å². The minimum atomic E-state index is 0.849. The first-order chi connectivity index (χ1) is 6.33. The Labute approximate surface area is 78.2 Å². The molecule has 0 unspecified atom stereocenters. The summed E-state index contributed by atoms with van der Waals surface area (Å²) in [4.78, 5) is 0. The van der Waals surface area contributed by atoms with Gasteiger partial charge in [0.2, 0.25) is 0 Å². The van der Waals surface area contributed by atoms with Crippen molar-refractivity contribution in [3.63, 3.8) is 0 Å². The first kappa shape index (κ1) is 8.28. The minimum Gasteiger partial charge on any atom is -0.312 e. The van der Waals surface area contributed by atoms with Crippen molar-refractivity contribution in [1.82, 2.24) is 5.32 Å². The molecule has 0 bridgehead atoms. The highest BCUT2D eigenvalue weighted by Gasteiger charge is 2.14. The summed E-state index contributed by atoms with van der Waals surface area (Å²) < 4.78 is 0. The monoisotopic (exact) mass is 172 g/mol. The fraction of sp³-hybridized carbons (Fsp3) is 0.364. The standard InChI is InChI=1S/C11H12N2/c1-8-2-3-9(6-12)10-4-5-13-7-11(8)10/h2-3,13H,4-5,7H2,1H3. The molecular weight excluding hydrogens is 160 g/mol. The molecule has 0 aromatic heterocycles. The van der Waals surface area contributed by atoms with Gasteiger partial charge in [-0.25, -0.2) is 0 Å². The fourth-order valence-electron chi connectivity index (χ4n) is 1.87. The van der Waals surface area contributed by atoms with Crippen LogP contribution in [0.15, 0.2) is 12.1 Å². The molecule has 2 nitrogen and oxygen atoms in total. The molecule has 0 radical (unpaired) electrons. The third kappa shape index (κ3) is 1.32. The van der Waals surface area contributed by atoms with Gasteiger partial charge in [0.25, 0.3) is 0 Å². The minimum absolute atomic E-state index is 0.849. The molecule has 1 N–H and O–H groups in total. The van der Waals surface area contributed by atoms with Crippen LogP contribution in [0.5, 0.6) is 0 Å². The Morgan fingerprint density at radius 2 is 2.23 bits per heavy atom. The van der Waals surface area contributed by atoms with E-state index in [0.717, 1.165) is 25.1 Å². The number of nitrogens with one attached hydrogen (secondary N) is 1. The maximum Gasteiger partial charge on any atom is 0.0994 e. The SMILES string of the molecule is Cc1ccc(C#N)c2c1CNCC2. The van der Waals surface area contributed by atoms with Crippen LogP contribution in [0, 0.1) is 18.3 Å². The van der Waals surface area contributed by atoms with Crippen LogP contribution >= 0.6 is 0 Å². The van der Waals surface area contributed by atoms with Crippen molar-refractivity contribution in [2.75, 3.05) is 6.54 Å². The molecular formula is C11H12N2. The van der Waals surface area contributed by atoms with Gasteiger partial charge < -0.3 is 5.32 Å². The lowest BCUT2D eigenvalue weighted by Crippen LogP contribution is -2.25. The number of hydrogen-bond acceptors (Lipinski definition) is 2. The van der Waals surface area contributed by atoms with E-state index in [-0.39, 0.29) is 0 Å². The quantitative estimate of drug-likeness (QED) is 0.644. The van der Waals surface area contributed by atoms with Crippen molar-refractivity contribution in [3.05, 3.63) is 34.4 Å². The molecule has 1 aromatic rings. The summed E-state index contributed by atoms with van der Waals surface area (Å²) >= 11 is 0. The van der Waals surface area contributed by atoms with Gasteiger partial charge in [-0.15, -0.1) is 0 Å². The highest BCUT2D eigenvalue weighted by Crippen LogP contribution is 2.21. The summed E-state index contributed by atoms with van der Waals surface area (Å²) in [5.41, 5.74) is 4.72. The maximum atomic E-state index is 8.91. The van der Waals surface area contributed by atoms with E-state index in [2.05, 4.69) is 18.3 Å². The zero-order valence-corrected chi connectivity index (χ0v) is 7.72. The average Bonchev–Trinajstić information content (AvgIpc) is 2.19. The molecule has 2 rings (SSSR count).